The van der Waals surface area contributed by atoms with E-state index in [1.807, 2.05) is 31.2 Å². The van der Waals surface area contributed by atoms with Gasteiger partial charge in [-0.2, -0.15) is 0 Å². The second-order valence-corrected chi connectivity index (χ2v) is 4.32. The highest BCUT2D eigenvalue weighted by atomic mass is 16.5. The van der Waals surface area contributed by atoms with E-state index < -0.39 is 5.54 Å². The molecule has 1 aromatic rings. The fraction of sp³-hybridized carbons (Fsp3) is 0.462. The second-order valence-electron chi connectivity index (χ2n) is 4.32. The van der Waals surface area contributed by atoms with Crippen molar-refractivity contribution < 1.29 is 14.3 Å². The zero-order valence-electron chi connectivity index (χ0n) is 10.2. The molecule has 4 nitrogen and oxygen atoms in total. The number of ether oxygens (including phenoxy) is 2. The van der Waals surface area contributed by atoms with Crippen LogP contribution in [0.5, 0.6) is 0 Å². The molecule has 1 aliphatic rings. The molecule has 1 unspecified atom stereocenters. The van der Waals surface area contributed by atoms with E-state index in [0.717, 1.165) is 11.3 Å². The Morgan fingerprint density at radius 3 is 2.82 bits per heavy atom. The van der Waals surface area contributed by atoms with Crippen molar-refractivity contribution in [1.82, 2.24) is 0 Å². The van der Waals surface area contributed by atoms with Crippen LogP contribution in [0, 0.1) is 6.92 Å². The van der Waals surface area contributed by atoms with Crippen molar-refractivity contribution in [3.05, 3.63) is 29.8 Å². The normalized spacial score (nSPS) is 23.4. The lowest BCUT2D eigenvalue weighted by Crippen LogP contribution is -2.48. The van der Waals surface area contributed by atoms with Gasteiger partial charge in [-0.05, 0) is 18.6 Å². The van der Waals surface area contributed by atoms with Gasteiger partial charge in [0.2, 0.25) is 0 Å². The quantitative estimate of drug-likeness (QED) is 0.811. The third-order valence-electron chi connectivity index (χ3n) is 3.12. The maximum Gasteiger partial charge on any atom is 0.334 e. The van der Waals surface area contributed by atoms with E-state index in [0.29, 0.717) is 19.6 Å². The van der Waals surface area contributed by atoms with Crippen molar-refractivity contribution in [3.63, 3.8) is 0 Å². The number of anilines is 1. The minimum atomic E-state index is -0.735. The molecule has 0 bridgehead atoms. The van der Waals surface area contributed by atoms with Crippen molar-refractivity contribution in [3.8, 4) is 0 Å². The molecule has 1 atom stereocenters. The van der Waals surface area contributed by atoms with Gasteiger partial charge < -0.3 is 14.8 Å². The summed E-state index contributed by atoms with van der Waals surface area (Å²) in [5.74, 6) is -0.266. The molecule has 0 spiro atoms. The van der Waals surface area contributed by atoms with Gasteiger partial charge in [-0.3, -0.25) is 0 Å². The Balaban J connectivity index is 2.25. The van der Waals surface area contributed by atoms with Crippen LogP contribution in [0.15, 0.2) is 24.3 Å². The number of methoxy groups -OCH3 is 1. The number of benzene rings is 1. The van der Waals surface area contributed by atoms with Gasteiger partial charge in [0.25, 0.3) is 0 Å². The summed E-state index contributed by atoms with van der Waals surface area (Å²) in [6.07, 6.45) is 0.633. The van der Waals surface area contributed by atoms with Gasteiger partial charge in [-0.1, -0.05) is 18.2 Å². The molecule has 92 valence electrons. The molecule has 0 aliphatic carbocycles. The van der Waals surface area contributed by atoms with E-state index in [2.05, 4.69) is 5.32 Å². The van der Waals surface area contributed by atoms with E-state index in [9.17, 15) is 4.79 Å². The van der Waals surface area contributed by atoms with Gasteiger partial charge in [0.1, 0.15) is 0 Å². The molecule has 2 rings (SSSR count). The van der Waals surface area contributed by atoms with E-state index in [1.165, 1.54) is 7.11 Å². The van der Waals surface area contributed by atoms with Crippen LogP contribution in [0.3, 0.4) is 0 Å². The molecular formula is C13H17NO3. The largest absolute Gasteiger partial charge is 0.467 e. The number of esters is 1. The zero-order valence-corrected chi connectivity index (χ0v) is 10.2. The highest BCUT2D eigenvalue weighted by Crippen LogP contribution is 2.27. The van der Waals surface area contributed by atoms with E-state index in [1.54, 1.807) is 0 Å². The SMILES string of the molecule is COC(=O)C1(Nc2ccccc2C)CCOC1. The lowest BCUT2D eigenvalue weighted by Gasteiger charge is -2.27. The molecule has 1 aromatic carbocycles. The number of hydrogen-bond donors (Lipinski definition) is 1. The molecule has 17 heavy (non-hydrogen) atoms. The number of para-hydroxylation sites is 1. The highest BCUT2D eigenvalue weighted by Gasteiger charge is 2.43. The van der Waals surface area contributed by atoms with Gasteiger partial charge in [-0.25, -0.2) is 4.79 Å². The first-order valence-corrected chi connectivity index (χ1v) is 5.68. The van der Waals surface area contributed by atoms with Crippen molar-refractivity contribution in [2.45, 2.75) is 18.9 Å². The molecule has 0 amide bonds. The lowest BCUT2D eigenvalue weighted by atomic mass is 9.97. The van der Waals surface area contributed by atoms with E-state index >= 15 is 0 Å². The summed E-state index contributed by atoms with van der Waals surface area (Å²) in [7, 11) is 1.40. The summed E-state index contributed by atoms with van der Waals surface area (Å²) in [5.41, 5.74) is 1.31. The van der Waals surface area contributed by atoms with Crippen LogP contribution in [0.4, 0.5) is 5.69 Å². The predicted molar refractivity (Wildman–Crippen MR) is 65.0 cm³/mol. The van der Waals surface area contributed by atoms with Gasteiger partial charge in [0.15, 0.2) is 5.54 Å². The smallest absolute Gasteiger partial charge is 0.334 e. The lowest BCUT2D eigenvalue weighted by molar-refractivity contribution is -0.146. The molecule has 4 heteroatoms. The van der Waals surface area contributed by atoms with Crippen molar-refractivity contribution in [2.24, 2.45) is 0 Å². The molecular weight excluding hydrogens is 218 g/mol. The first-order valence-electron chi connectivity index (χ1n) is 5.68. The Hall–Kier alpha value is -1.55. The van der Waals surface area contributed by atoms with Crippen LogP contribution in [0.1, 0.15) is 12.0 Å². The average Bonchev–Trinajstić information content (AvgIpc) is 2.81. The molecule has 1 heterocycles. The molecule has 1 fully saturated rings. The molecule has 0 saturated carbocycles. The topological polar surface area (TPSA) is 47.6 Å². The molecule has 1 saturated heterocycles. The van der Waals surface area contributed by atoms with Gasteiger partial charge in [0.05, 0.1) is 13.7 Å². The predicted octanol–water partition coefficient (Wildman–Crippen LogP) is 1.74. The Labute approximate surface area is 101 Å². The van der Waals surface area contributed by atoms with Crippen LogP contribution >= 0.6 is 0 Å². The van der Waals surface area contributed by atoms with Crippen molar-refractivity contribution >= 4 is 11.7 Å². The summed E-state index contributed by atoms with van der Waals surface area (Å²) < 4.78 is 10.2. The van der Waals surface area contributed by atoms with Crippen molar-refractivity contribution in [2.75, 3.05) is 25.6 Å². The van der Waals surface area contributed by atoms with E-state index in [4.69, 9.17) is 9.47 Å². The first-order chi connectivity index (χ1) is 8.18. The fourth-order valence-corrected chi connectivity index (χ4v) is 2.04. The maximum atomic E-state index is 11.9. The Morgan fingerprint density at radius 2 is 2.24 bits per heavy atom. The van der Waals surface area contributed by atoms with Crippen molar-refractivity contribution in [1.29, 1.82) is 0 Å². The minimum absolute atomic E-state index is 0.266. The van der Waals surface area contributed by atoms with Crippen LogP contribution in [-0.2, 0) is 14.3 Å². The number of carbonyl (C=O) groups excluding carboxylic acids is 1. The summed E-state index contributed by atoms with van der Waals surface area (Å²) in [6, 6.07) is 7.87. The summed E-state index contributed by atoms with van der Waals surface area (Å²) in [6.45, 7) is 2.94. The third-order valence-corrected chi connectivity index (χ3v) is 3.12. The van der Waals surface area contributed by atoms with Gasteiger partial charge in [-0.15, -0.1) is 0 Å². The van der Waals surface area contributed by atoms with Gasteiger partial charge in [0, 0.05) is 18.7 Å². The van der Waals surface area contributed by atoms with Gasteiger partial charge >= 0.3 is 5.97 Å². The first kappa shape index (κ1) is 11.9. The Morgan fingerprint density at radius 1 is 1.47 bits per heavy atom. The molecule has 0 aromatic heterocycles. The average molecular weight is 235 g/mol. The standard InChI is InChI=1S/C13H17NO3/c1-10-5-3-4-6-11(10)14-13(12(15)16-2)7-8-17-9-13/h3-6,14H,7-9H2,1-2H3. The Kier molecular flexibility index (Phi) is 3.33. The second kappa shape index (κ2) is 4.75. The number of rotatable bonds is 3. The molecule has 1 N–H and O–H groups in total. The number of aryl methyl sites for hydroxylation is 1. The van der Waals surface area contributed by atoms with Crippen LogP contribution < -0.4 is 5.32 Å². The number of nitrogens with one attached hydrogen (secondary N) is 1. The van der Waals surface area contributed by atoms with Crippen LogP contribution in [-0.4, -0.2) is 31.8 Å². The number of carbonyl (C=O) groups is 1. The highest BCUT2D eigenvalue weighted by molar-refractivity contribution is 5.85. The summed E-state index contributed by atoms with van der Waals surface area (Å²) in [4.78, 5) is 11.9. The monoisotopic (exact) mass is 235 g/mol. The third kappa shape index (κ3) is 2.26. The molecule has 0 radical (unpaired) electrons. The van der Waals surface area contributed by atoms with Crippen LogP contribution in [0.25, 0.3) is 0 Å². The molecule has 1 aliphatic heterocycles. The Bertz CT molecular complexity index is 411. The zero-order chi connectivity index (χ0) is 12.3. The maximum absolute atomic E-state index is 11.9. The number of hydrogen-bond acceptors (Lipinski definition) is 4. The van der Waals surface area contributed by atoms with Crippen LogP contribution in [0.2, 0.25) is 0 Å². The minimum Gasteiger partial charge on any atom is -0.467 e. The van der Waals surface area contributed by atoms with E-state index in [-0.39, 0.29) is 5.97 Å². The summed E-state index contributed by atoms with van der Waals surface area (Å²) in [5, 5.41) is 3.27. The fourth-order valence-electron chi connectivity index (χ4n) is 2.04. The summed E-state index contributed by atoms with van der Waals surface area (Å²) >= 11 is 0.